The maximum absolute atomic E-state index is 4.31. The van der Waals surface area contributed by atoms with Crippen LogP contribution in [0.25, 0.3) is 0 Å². The smallest absolute Gasteiger partial charge is 0.0294 e. The number of rotatable bonds is 1. The molecule has 0 saturated heterocycles. The van der Waals surface area contributed by atoms with Crippen LogP contribution in [0.3, 0.4) is 0 Å². The van der Waals surface area contributed by atoms with E-state index in [9.17, 15) is 0 Å². The van der Waals surface area contributed by atoms with Crippen molar-refractivity contribution < 1.29 is 0 Å². The summed E-state index contributed by atoms with van der Waals surface area (Å²) in [7, 11) is 0. The number of nitrogens with zero attached hydrogens (tertiary/aromatic N) is 1. The lowest BCUT2D eigenvalue weighted by Crippen LogP contribution is -2.08. The minimum Gasteiger partial charge on any atom is -0.228 e. The molecule has 0 bridgehead atoms. The van der Waals surface area contributed by atoms with Gasteiger partial charge in [0.05, 0.1) is 0 Å². The van der Waals surface area contributed by atoms with Gasteiger partial charge in [0.15, 0.2) is 0 Å². The molecular weight excluding hydrogens is 154 g/mol. The van der Waals surface area contributed by atoms with Crippen LogP contribution in [0.2, 0.25) is 0 Å². The maximum Gasteiger partial charge on any atom is 0.0294 e. The Bertz CT molecular complexity index is 137. The molecule has 0 rings (SSSR count). The van der Waals surface area contributed by atoms with E-state index >= 15 is 0 Å². The third-order valence-corrected chi connectivity index (χ3v) is 1.53. The van der Waals surface area contributed by atoms with Crippen molar-refractivity contribution in [1.29, 1.82) is 0 Å². The summed E-state index contributed by atoms with van der Waals surface area (Å²) in [6.07, 6.45) is 2.00. The molecule has 0 heterocycles. The van der Waals surface area contributed by atoms with Crippen LogP contribution < -0.4 is 0 Å². The third kappa shape index (κ3) is 10.0. The minimum absolute atomic E-state index is 0.207. The number of hydrogen-bond donors (Lipinski definition) is 0. The first-order valence-electron chi connectivity index (χ1n) is 3.93. The van der Waals surface area contributed by atoms with Crippen molar-refractivity contribution in [3.05, 3.63) is 0 Å². The van der Waals surface area contributed by atoms with Crippen LogP contribution in [-0.2, 0) is 0 Å². The van der Waals surface area contributed by atoms with Crippen LogP contribution in [0.4, 0.5) is 0 Å². The van der Waals surface area contributed by atoms with Gasteiger partial charge < -0.3 is 0 Å². The summed E-state index contributed by atoms with van der Waals surface area (Å²) in [5.74, 6) is 0. The van der Waals surface area contributed by atoms with Crippen LogP contribution in [0.15, 0.2) is 4.40 Å². The highest BCUT2D eigenvalue weighted by Crippen LogP contribution is 2.24. The van der Waals surface area contributed by atoms with Crippen molar-refractivity contribution in [2.45, 2.75) is 46.3 Å². The molecule has 0 radical (unpaired) electrons. The van der Waals surface area contributed by atoms with Crippen molar-refractivity contribution in [3.63, 3.8) is 0 Å². The molecule has 0 aliphatic heterocycles. The molecule has 11 heavy (non-hydrogen) atoms. The molecule has 0 saturated carbocycles. The fourth-order valence-electron chi connectivity index (χ4n) is 0.343. The van der Waals surface area contributed by atoms with Crippen LogP contribution in [0, 0.1) is 5.41 Å². The van der Waals surface area contributed by atoms with Crippen LogP contribution in [0.1, 0.15) is 41.5 Å². The highest BCUT2D eigenvalue weighted by atomic mass is 32.2. The second kappa shape index (κ2) is 3.61. The largest absolute Gasteiger partial charge is 0.228 e. The molecule has 0 fully saturated rings. The Balaban J connectivity index is 3.80. The molecule has 0 atom stereocenters. The lowest BCUT2D eigenvalue weighted by Gasteiger charge is -2.15. The quantitative estimate of drug-likeness (QED) is 0.436. The monoisotopic (exact) mass is 173 g/mol. The van der Waals surface area contributed by atoms with Crippen molar-refractivity contribution in [2.24, 2.45) is 9.81 Å². The highest BCUT2D eigenvalue weighted by molar-refractivity contribution is 7.99. The van der Waals surface area contributed by atoms with E-state index in [1.165, 1.54) is 0 Å². The summed E-state index contributed by atoms with van der Waals surface area (Å²) in [6, 6.07) is 0. The van der Waals surface area contributed by atoms with Crippen LogP contribution >= 0.6 is 11.9 Å². The van der Waals surface area contributed by atoms with Gasteiger partial charge >= 0.3 is 0 Å². The van der Waals surface area contributed by atoms with Gasteiger partial charge in [-0.2, -0.15) is 0 Å². The average Bonchev–Trinajstić information content (AvgIpc) is 1.55. The van der Waals surface area contributed by atoms with E-state index < -0.39 is 0 Å². The second-order valence-electron chi connectivity index (χ2n) is 4.80. The fourth-order valence-corrected chi connectivity index (χ4v) is 1.03. The molecule has 0 spiro atoms. The first-order valence-corrected chi connectivity index (χ1v) is 4.71. The molecule has 1 nitrogen and oxygen atoms in total. The van der Waals surface area contributed by atoms with E-state index in [1.807, 2.05) is 6.21 Å². The van der Waals surface area contributed by atoms with Crippen LogP contribution in [0.5, 0.6) is 0 Å². The molecule has 66 valence electrons. The molecule has 0 unspecified atom stereocenters. The predicted molar refractivity (Wildman–Crippen MR) is 55.3 cm³/mol. The topological polar surface area (TPSA) is 12.4 Å². The Hall–Kier alpha value is 0.0200. The molecule has 0 aromatic carbocycles. The lowest BCUT2D eigenvalue weighted by molar-refractivity contribution is 0.608. The van der Waals surface area contributed by atoms with Crippen molar-refractivity contribution in [2.75, 3.05) is 0 Å². The Morgan fingerprint density at radius 2 is 1.45 bits per heavy atom. The molecule has 0 aromatic heterocycles. The second-order valence-corrected chi connectivity index (χ2v) is 6.42. The zero-order chi connectivity index (χ0) is 9.12. The van der Waals surface area contributed by atoms with Gasteiger partial charge in [-0.05, 0) is 38.1 Å². The highest BCUT2D eigenvalue weighted by Gasteiger charge is 2.11. The van der Waals surface area contributed by atoms with Gasteiger partial charge in [-0.25, -0.2) is 4.40 Å². The molecule has 0 aliphatic rings. The fraction of sp³-hybridized carbons (Fsp3) is 0.889. The van der Waals surface area contributed by atoms with Crippen molar-refractivity contribution >= 4 is 18.2 Å². The van der Waals surface area contributed by atoms with Gasteiger partial charge in [-0.1, -0.05) is 20.8 Å². The maximum atomic E-state index is 4.31. The molecular formula is C9H19NS. The van der Waals surface area contributed by atoms with Crippen molar-refractivity contribution in [3.8, 4) is 0 Å². The van der Waals surface area contributed by atoms with E-state index in [2.05, 4.69) is 45.9 Å². The summed E-state index contributed by atoms with van der Waals surface area (Å²) < 4.78 is 4.54. The molecule has 0 N–H and O–H groups in total. The summed E-state index contributed by atoms with van der Waals surface area (Å²) in [4.78, 5) is 0. The molecule has 0 aliphatic carbocycles. The molecule has 0 amide bonds. The Morgan fingerprint density at radius 1 is 1.00 bits per heavy atom. The predicted octanol–water partition coefficient (Wildman–Crippen LogP) is 3.55. The Kier molecular flexibility index (Phi) is 3.62. The van der Waals surface area contributed by atoms with E-state index in [-0.39, 0.29) is 10.2 Å². The zero-order valence-electron chi connectivity index (χ0n) is 8.43. The van der Waals surface area contributed by atoms with E-state index in [0.29, 0.717) is 0 Å². The summed E-state index contributed by atoms with van der Waals surface area (Å²) >= 11 is 1.63. The lowest BCUT2D eigenvalue weighted by atomic mass is 10.00. The zero-order valence-corrected chi connectivity index (χ0v) is 9.25. The number of hydrogen-bond acceptors (Lipinski definition) is 2. The van der Waals surface area contributed by atoms with Crippen molar-refractivity contribution in [1.82, 2.24) is 0 Å². The van der Waals surface area contributed by atoms with Gasteiger partial charge in [0.25, 0.3) is 0 Å². The Morgan fingerprint density at radius 3 is 1.73 bits per heavy atom. The SMILES string of the molecule is CC(C)(C)/C=N/SC(C)(C)C. The van der Waals surface area contributed by atoms with Gasteiger partial charge in [0, 0.05) is 11.0 Å². The summed E-state index contributed by atoms with van der Waals surface area (Å²) in [5.41, 5.74) is 0.207. The normalized spacial score (nSPS) is 14.4. The first kappa shape index (κ1) is 11.0. The molecule has 0 aromatic rings. The van der Waals surface area contributed by atoms with Gasteiger partial charge in [0.1, 0.15) is 0 Å². The minimum atomic E-state index is 0.207. The average molecular weight is 173 g/mol. The van der Waals surface area contributed by atoms with E-state index in [1.54, 1.807) is 11.9 Å². The van der Waals surface area contributed by atoms with Crippen LogP contribution in [-0.4, -0.2) is 11.0 Å². The summed E-state index contributed by atoms with van der Waals surface area (Å²) in [5, 5.41) is 0. The standard InChI is InChI=1S/C9H19NS/c1-8(2,3)7-10-11-9(4,5)6/h7H,1-6H3/b10-7+. The summed E-state index contributed by atoms with van der Waals surface area (Å²) in [6.45, 7) is 13.0. The Labute approximate surface area is 74.8 Å². The third-order valence-electron chi connectivity index (χ3n) is 0.767. The molecule has 2 heteroatoms. The van der Waals surface area contributed by atoms with Gasteiger partial charge in [-0.15, -0.1) is 0 Å². The van der Waals surface area contributed by atoms with Gasteiger partial charge in [0.2, 0.25) is 0 Å². The van der Waals surface area contributed by atoms with E-state index in [0.717, 1.165) is 0 Å². The first-order chi connectivity index (χ1) is 4.71. The van der Waals surface area contributed by atoms with E-state index in [4.69, 9.17) is 0 Å². The van der Waals surface area contributed by atoms with Gasteiger partial charge in [-0.3, -0.25) is 0 Å².